The number of carbonyl (C=O) groups excluding carboxylic acids is 1. The molecule has 0 atom stereocenters. The zero-order valence-corrected chi connectivity index (χ0v) is 12.5. The van der Waals surface area contributed by atoms with E-state index < -0.39 is 0 Å². The van der Waals surface area contributed by atoms with Crippen LogP contribution >= 0.6 is 0 Å². The third kappa shape index (κ3) is 3.16. The van der Waals surface area contributed by atoms with Crippen molar-refractivity contribution in [3.63, 3.8) is 0 Å². The average molecular weight is 303 g/mol. The quantitative estimate of drug-likeness (QED) is 0.644. The van der Waals surface area contributed by atoms with Crippen LogP contribution in [0, 0.1) is 0 Å². The molecule has 0 bridgehead atoms. The SMILES string of the molecule is Nc1cccc(-c2c(N)cccc2C(=O)Nc2ccccc2)c1. The smallest absolute Gasteiger partial charge is 0.256 e. The number of para-hydroxylation sites is 1. The maximum Gasteiger partial charge on any atom is 0.256 e. The highest BCUT2D eigenvalue weighted by Crippen LogP contribution is 2.31. The van der Waals surface area contributed by atoms with E-state index in [0.717, 1.165) is 11.3 Å². The van der Waals surface area contributed by atoms with Gasteiger partial charge >= 0.3 is 0 Å². The lowest BCUT2D eigenvalue weighted by atomic mass is 9.97. The molecule has 0 saturated heterocycles. The highest BCUT2D eigenvalue weighted by atomic mass is 16.1. The van der Waals surface area contributed by atoms with E-state index in [1.807, 2.05) is 48.5 Å². The van der Waals surface area contributed by atoms with Crippen LogP contribution in [0.4, 0.5) is 17.1 Å². The van der Waals surface area contributed by atoms with Crippen molar-refractivity contribution in [2.75, 3.05) is 16.8 Å². The number of benzene rings is 3. The monoisotopic (exact) mass is 303 g/mol. The molecule has 0 fully saturated rings. The predicted molar refractivity (Wildman–Crippen MR) is 95.1 cm³/mol. The van der Waals surface area contributed by atoms with Crippen molar-refractivity contribution in [2.45, 2.75) is 0 Å². The molecule has 3 aromatic rings. The van der Waals surface area contributed by atoms with Gasteiger partial charge in [-0.25, -0.2) is 0 Å². The molecular formula is C19H17N3O. The second kappa shape index (κ2) is 6.23. The Balaban J connectivity index is 2.03. The summed E-state index contributed by atoms with van der Waals surface area (Å²) in [5.41, 5.74) is 15.9. The standard InChI is InChI=1S/C19H17N3O/c20-14-7-4-6-13(12-14)18-16(10-5-11-17(18)21)19(23)22-15-8-2-1-3-9-15/h1-12H,20-21H2,(H,22,23). The number of amides is 1. The van der Waals surface area contributed by atoms with Gasteiger partial charge in [0, 0.05) is 28.2 Å². The molecule has 3 rings (SSSR count). The first-order chi connectivity index (χ1) is 11.1. The van der Waals surface area contributed by atoms with Gasteiger partial charge in [0.2, 0.25) is 0 Å². The van der Waals surface area contributed by atoms with E-state index in [0.29, 0.717) is 22.5 Å². The number of rotatable bonds is 3. The number of nitrogen functional groups attached to an aromatic ring is 2. The number of nitrogens with one attached hydrogen (secondary N) is 1. The Morgan fingerprint density at radius 1 is 0.826 bits per heavy atom. The van der Waals surface area contributed by atoms with Gasteiger partial charge < -0.3 is 16.8 Å². The average Bonchev–Trinajstić information content (AvgIpc) is 2.55. The van der Waals surface area contributed by atoms with Gasteiger partial charge in [0.1, 0.15) is 0 Å². The minimum atomic E-state index is -0.207. The molecule has 4 heteroatoms. The lowest BCUT2D eigenvalue weighted by Crippen LogP contribution is -2.14. The lowest BCUT2D eigenvalue weighted by Gasteiger charge is -2.13. The Hall–Kier alpha value is -3.27. The van der Waals surface area contributed by atoms with Crippen LogP contribution in [0.5, 0.6) is 0 Å². The summed E-state index contributed by atoms with van der Waals surface area (Å²) in [5, 5.41) is 2.88. The summed E-state index contributed by atoms with van der Waals surface area (Å²) in [6.45, 7) is 0. The molecular weight excluding hydrogens is 286 g/mol. The maximum atomic E-state index is 12.6. The first kappa shape index (κ1) is 14.7. The number of carbonyl (C=O) groups is 1. The second-order valence-corrected chi connectivity index (χ2v) is 5.22. The van der Waals surface area contributed by atoms with E-state index in [-0.39, 0.29) is 5.91 Å². The van der Waals surface area contributed by atoms with Crippen LogP contribution in [0.1, 0.15) is 10.4 Å². The molecule has 0 spiro atoms. The van der Waals surface area contributed by atoms with Crippen LogP contribution in [-0.4, -0.2) is 5.91 Å². The van der Waals surface area contributed by atoms with Gasteiger partial charge in [-0.2, -0.15) is 0 Å². The van der Waals surface area contributed by atoms with Gasteiger partial charge in [0.25, 0.3) is 5.91 Å². The zero-order valence-electron chi connectivity index (χ0n) is 12.5. The minimum Gasteiger partial charge on any atom is -0.399 e. The second-order valence-electron chi connectivity index (χ2n) is 5.22. The van der Waals surface area contributed by atoms with Gasteiger partial charge in [-0.3, -0.25) is 4.79 Å². The third-order valence-corrected chi connectivity index (χ3v) is 3.55. The van der Waals surface area contributed by atoms with Crippen LogP contribution in [0.25, 0.3) is 11.1 Å². The molecule has 3 aromatic carbocycles. The molecule has 4 nitrogen and oxygen atoms in total. The van der Waals surface area contributed by atoms with Crippen molar-refractivity contribution in [1.82, 2.24) is 0 Å². The van der Waals surface area contributed by atoms with E-state index in [4.69, 9.17) is 11.5 Å². The lowest BCUT2D eigenvalue weighted by molar-refractivity contribution is 0.102. The van der Waals surface area contributed by atoms with E-state index in [2.05, 4.69) is 5.32 Å². The fourth-order valence-corrected chi connectivity index (χ4v) is 2.50. The van der Waals surface area contributed by atoms with Crippen LogP contribution < -0.4 is 16.8 Å². The molecule has 1 amide bonds. The molecule has 0 heterocycles. The summed E-state index contributed by atoms with van der Waals surface area (Å²) < 4.78 is 0. The largest absolute Gasteiger partial charge is 0.399 e. The first-order valence-electron chi connectivity index (χ1n) is 7.26. The molecule has 0 aliphatic heterocycles. The summed E-state index contributed by atoms with van der Waals surface area (Å²) in [4.78, 5) is 12.6. The maximum absolute atomic E-state index is 12.6. The Bertz CT molecular complexity index is 844. The van der Waals surface area contributed by atoms with Crippen LogP contribution in [0.15, 0.2) is 72.8 Å². The number of nitrogens with two attached hydrogens (primary N) is 2. The highest BCUT2D eigenvalue weighted by molar-refractivity contribution is 6.10. The zero-order chi connectivity index (χ0) is 16.2. The fourth-order valence-electron chi connectivity index (χ4n) is 2.50. The van der Waals surface area contributed by atoms with Crippen molar-refractivity contribution >= 4 is 23.0 Å². The van der Waals surface area contributed by atoms with Crippen LogP contribution in [-0.2, 0) is 0 Å². The van der Waals surface area contributed by atoms with Crippen molar-refractivity contribution in [3.8, 4) is 11.1 Å². The summed E-state index contributed by atoms with van der Waals surface area (Å²) in [6, 6.07) is 22.0. The third-order valence-electron chi connectivity index (χ3n) is 3.55. The summed E-state index contributed by atoms with van der Waals surface area (Å²) in [6.07, 6.45) is 0. The molecule has 0 saturated carbocycles. The van der Waals surface area contributed by atoms with E-state index in [1.54, 1.807) is 24.3 Å². The molecule has 0 aliphatic rings. The summed E-state index contributed by atoms with van der Waals surface area (Å²) >= 11 is 0. The molecule has 114 valence electrons. The minimum absolute atomic E-state index is 0.207. The van der Waals surface area contributed by atoms with Crippen LogP contribution in [0.2, 0.25) is 0 Å². The molecule has 0 radical (unpaired) electrons. The van der Waals surface area contributed by atoms with Gasteiger partial charge in [0.05, 0.1) is 0 Å². The fraction of sp³-hybridized carbons (Fsp3) is 0. The Morgan fingerprint density at radius 3 is 2.30 bits per heavy atom. The van der Waals surface area contributed by atoms with Gasteiger partial charge in [-0.1, -0.05) is 36.4 Å². The summed E-state index contributed by atoms with van der Waals surface area (Å²) in [5.74, 6) is -0.207. The molecule has 0 aliphatic carbocycles. The normalized spacial score (nSPS) is 10.3. The van der Waals surface area contributed by atoms with Crippen molar-refractivity contribution in [2.24, 2.45) is 0 Å². The predicted octanol–water partition coefficient (Wildman–Crippen LogP) is 3.77. The van der Waals surface area contributed by atoms with Gasteiger partial charge in [0.15, 0.2) is 0 Å². The molecule has 0 unspecified atom stereocenters. The Labute approximate surface area is 134 Å². The molecule has 5 N–H and O–H groups in total. The highest BCUT2D eigenvalue weighted by Gasteiger charge is 2.15. The number of hydrogen-bond donors (Lipinski definition) is 3. The van der Waals surface area contributed by atoms with E-state index in [1.165, 1.54) is 0 Å². The molecule has 0 aromatic heterocycles. The van der Waals surface area contributed by atoms with Gasteiger partial charge in [-0.05, 0) is 42.0 Å². The van der Waals surface area contributed by atoms with Gasteiger partial charge in [-0.15, -0.1) is 0 Å². The van der Waals surface area contributed by atoms with Crippen LogP contribution in [0.3, 0.4) is 0 Å². The van der Waals surface area contributed by atoms with Crippen molar-refractivity contribution in [3.05, 3.63) is 78.4 Å². The van der Waals surface area contributed by atoms with Crippen molar-refractivity contribution < 1.29 is 4.79 Å². The van der Waals surface area contributed by atoms with E-state index in [9.17, 15) is 4.79 Å². The van der Waals surface area contributed by atoms with E-state index >= 15 is 0 Å². The first-order valence-corrected chi connectivity index (χ1v) is 7.26. The number of anilines is 3. The van der Waals surface area contributed by atoms with Crippen molar-refractivity contribution in [1.29, 1.82) is 0 Å². The molecule has 23 heavy (non-hydrogen) atoms. The Morgan fingerprint density at radius 2 is 1.57 bits per heavy atom. The summed E-state index contributed by atoms with van der Waals surface area (Å²) in [7, 11) is 0. The topological polar surface area (TPSA) is 81.1 Å². The number of hydrogen-bond acceptors (Lipinski definition) is 3. The Kier molecular flexibility index (Phi) is 3.97.